The van der Waals surface area contributed by atoms with E-state index in [9.17, 15) is 19.9 Å². The lowest BCUT2D eigenvalue weighted by molar-refractivity contribution is 0.0740. The number of ketones is 1. The van der Waals surface area contributed by atoms with E-state index in [4.69, 9.17) is 16.8 Å². The zero-order valence-corrected chi connectivity index (χ0v) is 13.3. The summed E-state index contributed by atoms with van der Waals surface area (Å²) in [6, 6.07) is 9.74. The Morgan fingerprint density at radius 1 is 1.28 bits per heavy atom. The number of fused-ring (bicyclic) bond motifs is 1. The Morgan fingerprint density at radius 3 is 2.76 bits per heavy atom. The predicted octanol–water partition coefficient (Wildman–Crippen LogP) is 2.19. The van der Waals surface area contributed by atoms with Crippen LogP contribution in [-0.2, 0) is 0 Å². The van der Waals surface area contributed by atoms with Crippen molar-refractivity contribution in [3.8, 4) is 0 Å². The maximum Gasteiger partial charge on any atom is 0.278 e. The van der Waals surface area contributed by atoms with Gasteiger partial charge in [0.15, 0.2) is 5.69 Å². The number of aromatic amines is 1. The lowest BCUT2D eigenvalue weighted by Crippen LogP contribution is -2.24. The molecule has 0 fully saturated rings. The molecule has 0 aliphatic carbocycles. The Labute approximate surface area is 145 Å². The van der Waals surface area contributed by atoms with Gasteiger partial charge in [-0.15, -0.1) is 0 Å². The minimum Gasteiger partial charge on any atom is -0.733 e. The van der Waals surface area contributed by atoms with E-state index in [-0.39, 0.29) is 11.3 Å². The number of nitrogens with one attached hydrogen (secondary N) is 1. The number of benzene rings is 2. The Morgan fingerprint density at radius 2 is 2.04 bits per heavy atom. The molecule has 1 unspecified atom stereocenters. The number of rotatable bonds is 4. The van der Waals surface area contributed by atoms with Crippen molar-refractivity contribution in [1.29, 1.82) is 0 Å². The van der Waals surface area contributed by atoms with Crippen LogP contribution in [0.1, 0.15) is 22.2 Å². The molecular formula is C16H11ClN3O5-. The highest BCUT2D eigenvalue weighted by molar-refractivity contribution is 6.31. The van der Waals surface area contributed by atoms with Gasteiger partial charge in [-0.3, -0.25) is 14.8 Å². The van der Waals surface area contributed by atoms with Gasteiger partial charge in [-0.25, -0.2) is 4.98 Å². The van der Waals surface area contributed by atoms with E-state index < -0.39 is 28.4 Å². The van der Waals surface area contributed by atoms with Gasteiger partial charge in [0.25, 0.3) is 5.56 Å². The van der Waals surface area contributed by atoms with Gasteiger partial charge in [0, 0.05) is 5.02 Å². The molecule has 0 amide bonds. The van der Waals surface area contributed by atoms with Crippen molar-refractivity contribution in [3.05, 3.63) is 74.3 Å². The van der Waals surface area contributed by atoms with Crippen molar-refractivity contribution in [2.45, 2.75) is 6.10 Å². The molecule has 1 atom stereocenters. The summed E-state index contributed by atoms with van der Waals surface area (Å²) < 4.78 is 0. The van der Waals surface area contributed by atoms with Crippen molar-refractivity contribution >= 4 is 34.1 Å². The van der Waals surface area contributed by atoms with Gasteiger partial charge in [-0.05, 0) is 35.9 Å². The van der Waals surface area contributed by atoms with E-state index >= 15 is 0 Å². The van der Waals surface area contributed by atoms with Gasteiger partial charge >= 0.3 is 0 Å². The van der Waals surface area contributed by atoms with E-state index in [1.807, 2.05) is 0 Å². The number of aliphatic hydroxyl groups excluding tert-OH is 1. The Kier molecular flexibility index (Phi) is 4.51. The number of aliphatic hydroxyl groups is 1. The number of hydrogen-bond donors (Lipinski definition) is 3. The SMILES string of the molecule is O=C(c1nc2ccc(Cl)cc2[nH]c1=O)C(O)c1cccc(N([O-])O)c1. The molecule has 0 aliphatic heterocycles. The molecule has 25 heavy (non-hydrogen) atoms. The maximum absolute atomic E-state index is 12.4. The third-order valence-corrected chi connectivity index (χ3v) is 3.78. The summed E-state index contributed by atoms with van der Waals surface area (Å²) in [6.07, 6.45) is -1.72. The van der Waals surface area contributed by atoms with Crippen molar-refractivity contribution in [2.24, 2.45) is 0 Å². The first-order valence-corrected chi connectivity index (χ1v) is 7.42. The van der Waals surface area contributed by atoms with Gasteiger partial charge in [-0.1, -0.05) is 23.7 Å². The van der Waals surface area contributed by atoms with E-state index in [1.54, 1.807) is 6.07 Å². The number of halogens is 1. The van der Waals surface area contributed by atoms with Gasteiger partial charge < -0.3 is 20.5 Å². The molecule has 0 aliphatic rings. The molecule has 1 aromatic heterocycles. The first-order valence-electron chi connectivity index (χ1n) is 7.05. The summed E-state index contributed by atoms with van der Waals surface area (Å²) in [5.74, 6) is -0.939. The molecule has 3 rings (SSSR count). The van der Waals surface area contributed by atoms with Crippen molar-refractivity contribution in [2.75, 3.05) is 5.23 Å². The van der Waals surface area contributed by atoms with E-state index in [0.717, 1.165) is 6.07 Å². The number of carbonyl (C=O) groups is 1. The second kappa shape index (κ2) is 6.61. The minimum atomic E-state index is -1.72. The lowest BCUT2D eigenvalue weighted by atomic mass is 10.0. The average molecular weight is 361 g/mol. The quantitative estimate of drug-likeness (QED) is 0.480. The fourth-order valence-electron chi connectivity index (χ4n) is 2.32. The van der Waals surface area contributed by atoms with Crippen LogP contribution in [0.25, 0.3) is 11.0 Å². The summed E-state index contributed by atoms with van der Waals surface area (Å²) in [5, 5.41) is 30.0. The number of nitrogens with zero attached hydrogens (tertiary/aromatic N) is 2. The highest BCUT2D eigenvalue weighted by Crippen LogP contribution is 2.22. The average Bonchev–Trinajstić information content (AvgIpc) is 2.60. The molecule has 0 bridgehead atoms. The summed E-state index contributed by atoms with van der Waals surface area (Å²) in [5.41, 5.74) is -0.699. The molecule has 0 radical (unpaired) electrons. The van der Waals surface area contributed by atoms with Crippen LogP contribution in [0.3, 0.4) is 0 Å². The molecular weight excluding hydrogens is 350 g/mol. The van der Waals surface area contributed by atoms with Crippen molar-refractivity contribution in [3.63, 3.8) is 0 Å². The number of anilines is 1. The van der Waals surface area contributed by atoms with Crippen molar-refractivity contribution < 1.29 is 15.1 Å². The Hall–Kier alpha value is -2.78. The van der Waals surface area contributed by atoms with E-state index in [1.165, 1.54) is 30.3 Å². The zero-order chi connectivity index (χ0) is 18.1. The van der Waals surface area contributed by atoms with E-state index in [2.05, 4.69) is 9.97 Å². The van der Waals surface area contributed by atoms with Crippen LogP contribution >= 0.6 is 11.6 Å². The fraction of sp³-hybridized carbons (Fsp3) is 0.0625. The molecule has 0 saturated heterocycles. The summed E-state index contributed by atoms with van der Waals surface area (Å²) in [6.45, 7) is 0. The van der Waals surface area contributed by atoms with Crippen LogP contribution < -0.4 is 10.8 Å². The fourth-order valence-corrected chi connectivity index (χ4v) is 2.49. The topological polar surface area (TPSA) is 130 Å². The van der Waals surface area contributed by atoms with Crippen LogP contribution in [0, 0.1) is 5.21 Å². The normalized spacial score (nSPS) is 12.2. The van der Waals surface area contributed by atoms with Crippen LogP contribution in [0.2, 0.25) is 5.02 Å². The van der Waals surface area contributed by atoms with E-state index in [0.29, 0.717) is 16.1 Å². The first kappa shape index (κ1) is 17.1. The number of aromatic nitrogens is 2. The highest BCUT2D eigenvalue weighted by Gasteiger charge is 2.24. The third-order valence-electron chi connectivity index (χ3n) is 3.54. The zero-order valence-electron chi connectivity index (χ0n) is 12.5. The third kappa shape index (κ3) is 3.37. The molecule has 2 aromatic carbocycles. The predicted molar refractivity (Wildman–Crippen MR) is 90.7 cm³/mol. The summed E-state index contributed by atoms with van der Waals surface area (Å²) >= 11 is 5.84. The molecule has 0 saturated carbocycles. The highest BCUT2D eigenvalue weighted by atomic mass is 35.5. The molecule has 0 spiro atoms. The first-order chi connectivity index (χ1) is 11.9. The number of H-pyrrole nitrogens is 1. The smallest absolute Gasteiger partial charge is 0.278 e. The minimum absolute atomic E-state index is 0.0369. The summed E-state index contributed by atoms with van der Waals surface area (Å²) in [7, 11) is 0. The maximum atomic E-state index is 12.4. The van der Waals surface area contributed by atoms with Gasteiger partial charge in [0.2, 0.25) is 5.78 Å². The lowest BCUT2D eigenvalue weighted by Gasteiger charge is -2.22. The van der Waals surface area contributed by atoms with Crippen LogP contribution in [0.15, 0.2) is 47.3 Å². The van der Waals surface area contributed by atoms with Gasteiger partial charge in [0.05, 0.1) is 16.7 Å². The second-order valence-corrected chi connectivity index (χ2v) is 5.65. The standard InChI is InChI=1S/C16H11ClN3O5/c17-9-4-5-11-12(7-9)19-16(23)13(18-11)15(22)14(21)8-2-1-3-10(6-8)20(24)25/h1-7,14,21,24H,(H,19,23)/q-1. The molecule has 128 valence electrons. The Bertz CT molecular complexity index is 1020. The van der Waals surface area contributed by atoms with Crippen LogP contribution in [0.4, 0.5) is 5.69 Å². The molecule has 9 heteroatoms. The Balaban J connectivity index is 2.01. The van der Waals surface area contributed by atoms with Gasteiger partial charge in [-0.2, -0.15) is 0 Å². The van der Waals surface area contributed by atoms with Crippen LogP contribution in [0.5, 0.6) is 0 Å². The molecule has 3 N–H and O–H groups in total. The van der Waals surface area contributed by atoms with Crippen LogP contribution in [-0.4, -0.2) is 26.1 Å². The second-order valence-electron chi connectivity index (χ2n) is 5.21. The summed E-state index contributed by atoms with van der Waals surface area (Å²) in [4.78, 5) is 31.0. The van der Waals surface area contributed by atoms with Gasteiger partial charge in [0.1, 0.15) is 6.10 Å². The number of Topliss-reactive ketones (excluding diaryl/α,β-unsaturated/α-hetero) is 1. The number of hydrogen-bond acceptors (Lipinski definition) is 7. The number of carbonyl (C=O) groups excluding carboxylic acids is 1. The molecule has 3 aromatic rings. The monoisotopic (exact) mass is 360 g/mol. The largest absolute Gasteiger partial charge is 0.733 e. The van der Waals surface area contributed by atoms with Crippen molar-refractivity contribution in [1.82, 2.24) is 9.97 Å². The molecule has 8 nitrogen and oxygen atoms in total. The molecule has 1 heterocycles.